The molecule has 2 aromatic rings. The molecule has 1 N–H and O–H groups in total. The van der Waals surface area contributed by atoms with Crippen LogP contribution in [0.1, 0.15) is 33.8 Å². The van der Waals surface area contributed by atoms with Gasteiger partial charge in [-0.1, -0.05) is 0 Å². The molecule has 23 heavy (non-hydrogen) atoms. The van der Waals surface area contributed by atoms with Crippen molar-refractivity contribution in [2.45, 2.75) is 24.9 Å². The third-order valence-corrected chi connectivity index (χ3v) is 6.58. The van der Waals surface area contributed by atoms with Crippen LogP contribution in [0.3, 0.4) is 0 Å². The molecule has 4 heterocycles. The van der Waals surface area contributed by atoms with Crippen LogP contribution in [0.15, 0.2) is 16.8 Å². The van der Waals surface area contributed by atoms with Crippen LogP contribution in [0, 0.1) is 0 Å². The van der Waals surface area contributed by atoms with Crippen molar-refractivity contribution in [2.75, 3.05) is 32.1 Å². The lowest BCUT2D eigenvalue weighted by molar-refractivity contribution is -0.0926. The van der Waals surface area contributed by atoms with Crippen molar-refractivity contribution in [1.82, 2.24) is 9.88 Å². The number of piperidine rings is 1. The number of rotatable bonds is 2. The van der Waals surface area contributed by atoms with E-state index in [2.05, 4.69) is 21.7 Å². The number of thiazole rings is 1. The number of amides is 1. The lowest BCUT2D eigenvalue weighted by Crippen LogP contribution is -2.48. The largest absolute Gasteiger partial charge is 0.370 e. The molecule has 0 aromatic carbocycles. The summed E-state index contributed by atoms with van der Waals surface area (Å²) in [4.78, 5) is 20.3. The van der Waals surface area contributed by atoms with E-state index in [9.17, 15) is 4.79 Å². The second-order valence-corrected chi connectivity index (χ2v) is 7.79. The van der Waals surface area contributed by atoms with E-state index in [1.54, 1.807) is 0 Å². The van der Waals surface area contributed by atoms with E-state index >= 15 is 0 Å². The first-order valence-electron chi connectivity index (χ1n) is 7.85. The number of thiophene rings is 1. The molecule has 5 nitrogen and oxygen atoms in total. The van der Waals surface area contributed by atoms with Crippen molar-refractivity contribution < 1.29 is 9.53 Å². The Morgan fingerprint density at radius 3 is 2.96 bits per heavy atom. The van der Waals surface area contributed by atoms with Crippen molar-refractivity contribution in [3.05, 3.63) is 33.0 Å². The topological polar surface area (TPSA) is 54.5 Å². The third-order valence-electron chi connectivity index (χ3n) is 4.74. The highest BCUT2D eigenvalue weighted by molar-refractivity contribution is 7.13. The molecule has 1 saturated heterocycles. The van der Waals surface area contributed by atoms with Crippen molar-refractivity contribution in [2.24, 2.45) is 0 Å². The van der Waals surface area contributed by atoms with E-state index in [-0.39, 0.29) is 11.5 Å². The fourth-order valence-corrected chi connectivity index (χ4v) is 5.09. The van der Waals surface area contributed by atoms with E-state index < -0.39 is 0 Å². The van der Waals surface area contributed by atoms with E-state index in [0.717, 1.165) is 44.1 Å². The minimum absolute atomic E-state index is 0.0268. The predicted molar refractivity (Wildman–Crippen MR) is 92.5 cm³/mol. The Bertz CT molecular complexity index is 716. The van der Waals surface area contributed by atoms with Gasteiger partial charge in [0.2, 0.25) is 0 Å². The normalized spacial score (nSPS) is 19.6. The Morgan fingerprint density at radius 1 is 1.39 bits per heavy atom. The Balaban J connectivity index is 1.48. The Hall–Kier alpha value is -1.44. The molecular formula is C16H19N3O2S2. The van der Waals surface area contributed by atoms with Gasteiger partial charge in [0.15, 0.2) is 5.13 Å². The van der Waals surface area contributed by atoms with Crippen molar-refractivity contribution in [3.63, 3.8) is 0 Å². The standard InChI is InChI=1S/C16H19N3O2S2/c1-17-15-18-12(10-23-15)14(20)19-6-4-16(5-7-19)11-3-9-22-13(11)2-8-21-16/h3,9-10H,2,4-8H2,1H3,(H,17,18). The summed E-state index contributed by atoms with van der Waals surface area (Å²) in [5.41, 5.74) is 1.71. The van der Waals surface area contributed by atoms with Gasteiger partial charge in [0.05, 0.1) is 12.2 Å². The van der Waals surface area contributed by atoms with Crippen LogP contribution in [0.5, 0.6) is 0 Å². The van der Waals surface area contributed by atoms with Gasteiger partial charge in [0, 0.05) is 36.8 Å². The molecule has 2 aliphatic rings. The first-order valence-corrected chi connectivity index (χ1v) is 9.61. The zero-order chi connectivity index (χ0) is 15.9. The van der Waals surface area contributed by atoms with Gasteiger partial charge in [0.1, 0.15) is 5.69 Å². The van der Waals surface area contributed by atoms with Crippen LogP contribution in [-0.2, 0) is 16.8 Å². The van der Waals surface area contributed by atoms with Crippen molar-refractivity contribution in [1.29, 1.82) is 0 Å². The van der Waals surface area contributed by atoms with E-state index in [4.69, 9.17) is 4.74 Å². The summed E-state index contributed by atoms with van der Waals surface area (Å²) in [7, 11) is 1.82. The number of carbonyl (C=O) groups is 1. The highest BCUT2D eigenvalue weighted by Gasteiger charge is 2.42. The van der Waals surface area contributed by atoms with Crippen LogP contribution in [0.25, 0.3) is 0 Å². The van der Waals surface area contributed by atoms with Crippen LogP contribution in [0.2, 0.25) is 0 Å². The number of hydrogen-bond acceptors (Lipinski definition) is 6. The Labute approximate surface area is 143 Å². The van der Waals surface area contributed by atoms with E-state index in [0.29, 0.717) is 5.69 Å². The second kappa shape index (κ2) is 5.89. The monoisotopic (exact) mass is 349 g/mol. The maximum atomic E-state index is 12.6. The smallest absolute Gasteiger partial charge is 0.273 e. The molecule has 4 rings (SSSR count). The van der Waals surface area contributed by atoms with Crippen LogP contribution >= 0.6 is 22.7 Å². The summed E-state index contributed by atoms with van der Waals surface area (Å²) in [6.07, 6.45) is 2.75. The summed E-state index contributed by atoms with van der Waals surface area (Å²) >= 11 is 3.29. The number of nitrogens with one attached hydrogen (secondary N) is 1. The first-order chi connectivity index (χ1) is 11.2. The molecule has 1 fully saturated rings. The second-order valence-electron chi connectivity index (χ2n) is 5.93. The van der Waals surface area contributed by atoms with Gasteiger partial charge in [-0.05, 0) is 29.9 Å². The molecule has 1 spiro atoms. The van der Waals surface area contributed by atoms with Crippen LogP contribution in [0.4, 0.5) is 5.13 Å². The maximum absolute atomic E-state index is 12.6. The van der Waals surface area contributed by atoms with Crippen LogP contribution < -0.4 is 5.32 Å². The van der Waals surface area contributed by atoms with Gasteiger partial charge >= 0.3 is 0 Å². The Kier molecular flexibility index (Phi) is 3.87. The minimum atomic E-state index is -0.178. The van der Waals surface area contributed by atoms with Gasteiger partial charge < -0.3 is 15.0 Å². The number of fused-ring (bicyclic) bond motifs is 2. The van der Waals surface area contributed by atoms with Gasteiger partial charge in [-0.3, -0.25) is 4.79 Å². The maximum Gasteiger partial charge on any atom is 0.273 e. The Morgan fingerprint density at radius 2 is 2.22 bits per heavy atom. The summed E-state index contributed by atoms with van der Waals surface area (Å²) in [5, 5.41) is 7.74. The molecule has 2 aromatic heterocycles. The summed E-state index contributed by atoms with van der Waals surface area (Å²) in [6, 6.07) is 2.20. The summed E-state index contributed by atoms with van der Waals surface area (Å²) in [5.74, 6) is 0.0268. The number of likely N-dealkylation sites (tertiary alicyclic amines) is 1. The number of carbonyl (C=O) groups excluding carboxylic acids is 1. The number of hydrogen-bond donors (Lipinski definition) is 1. The summed E-state index contributed by atoms with van der Waals surface area (Å²) in [6.45, 7) is 2.24. The molecule has 0 aliphatic carbocycles. The van der Waals surface area contributed by atoms with Crippen molar-refractivity contribution in [3.8, 4) is 0 Å². The zero-order valence-electron chi connectivity index (χ0n) is 13.0. The molecule has 122 valence electrons. The molecular weight excluding hydrogens is 330 g/mol. The van der Waals surface area contributed by atoms with Gasteiger partial charge in [-0.2, -0.15) is 0 Å². The van der Waals surface area contributed by atoms with E-state index in [1.807, 2.05) is 28.7 Å². The minimum Gasteiger partial charge on any atom is -0.370 e. The van der Waals surface area contributed by atoms with Crippen molar-refractivity contribution >= 4 is 33.7 Å². The number of aromatic nitrogens is 1. The van der Waals surface area contributed by atoms with Crippen LogP contribution in [-0.4, -0.2) is 42.5 Å². The lowest BCUT2D eigenvalue weighted by Gasteiger charge is -2.43. The molecule has 2 aliphatic heterocycles. The average Bonchev–Trinajstić information content (AvgIpc) is 3.25. The molecule has 0 atom stereocenters. The van der Waals surface area contributed by atoms with Gasteiger partial charge in [-0.15, -0.1) is 22.7 Å². The fourth-order valence-electron chi connectivity index (χ4n) is 3.49. The predicted octanol–water partition coefficient (Wildman–Crippen LogP) is 2.95. The molecule has 0 bridgehead atoms. The molecule has 0 saturated carbocycles. The zero-order valence-corrected chi connectivity index (χ0v) is 14.6. The van der Waals surface area contributed by atoms with Gasteiger partial charge in [0.25, 0.3) is 5.91 Å². The number of nitrogens with zero attached hydrogens (tertiary/aromatic N) is 2. The number of anilines is 1. The molecule has 1 amide bonds. The number of ether oxygens (including phenoxy) is 1. The fraction of sp³-hybridized carbons (Fsp3) is 0.500. The summed E-state index contributed by atoms with van der Waals surface area (Å²) < 4.78 is 6.19. The third kappa shape index (κ3) is 2.56. The molecule has 0 radical (unpaired) electrons. The lowest BCUT2D eigenvalue weighted by atomic mass is 9.82. The highest BCUT2D eigenvalue weighted by atomic mass is 32.1. The molecule has 0 unspecified atom stereocenters. The van der Waals surface area contributed by atoms with Gasteiger partial charge in [-0.25, -0.2) is 4.98 Å². The highest BCUT2D eigenvalue weighted by Crippen LogP contribution is 2.43. The molecule has 7 heteroatoms. The SMILES string of the molecule is CNc1nc(C(=O)N2CCC3(CC2)OCCc2sccc23)cs1. The quantitative estimate of drug-likeness (QED) is 0.906. The first kappa shape index (κ1) is 15.1. The average molecular weight is 349 g/mol. The van der Waals surface area contributed by atoms with E-state index in [1.165, 1.54) is 21.8 Å².